The minimum atomic E-state index is -0.823. The van der Waals surface area contributed by atoms with Gasteiger partial charge in [0.05, 0.1) is 16.5 Å². The summed E-state index contributed by atoms with van der Waals surface area (Å²) in [6, 6.07) is 9.05. The summed E-state index contributed by atoms with van der Waals surface area (Å²) in [4.78, 5) is 27.1. The zero-order chi connectivity index (χ0) is 15.0. The summed E-state index contributed by atoms with van der Waals surface area (Å²) in [5.74, 6) is -1.07. The number of hydrogen-bond acceptors (Lipinski definition) is 4. The van der Waals surface area contributed by atoms with Crippen molar-refractivity contribution in [1.82, 2.24) is 4.98 Å². The molecule has 1 aromatic carbocycles. The molecule has 2 aromatic rings. The van der Waals surface area contributed by atoms with Gasteiger partial charge in [0, 0.05) is 11.9 Å². The van der Waals surface area contributed by atoms with E-state index in [4.69, 9.17) is 5.73 Å². The summed E-state index contributed by atoms with van der Waals surface area (Å²) in [6.07, 6.45) is 1.27. The predicted molar refractivity (Wildman–Crippen MR) is 78.1 cm³/mol. The fourth-order valence-electron chi connectivity index (χ4n) is 2.31. The van der Waals surface area contributed by atoms with Crippen molar-refractivity contribution < 1.29 is 14.7 Å². The Morgan fingerprint density at radius 2 is 2.05 bits per heavy atom. The molecule has 0 bridgehead atoms. The first-order valence-corrected chi connectivity index (χ1v) is 6.69. The van der Waals surface area contributed by atoms with Gasteiger partial charge in [0.15, 0.2) is 0 Å². The summed E-state index contributed by atoms with van der Waals surface area (Å²) in [6.45, 7) is 0.244. The molecule has 21 heavy (non-hydrogen) atoms. The summed E-state index contributed by atoms with van der Waals surface area (Å²) >= 11 is 0. The Morgan fingerprint density at radius 3 is 2.67 bits per heavy atom. The molecule has 108 valence electrons. The predicted octanol–water partition coefficient (Wildman–Crippen LogP) is 1.61. The largest absolute Gasteiger partial charge is 0.481 e. The first kappa shape index (κ1) is 13.4. The van der Waals surface area contributed by atoms with E-state index in [1.807, 2.05) is 24.3 Å². The van der Waals surface area contributed by atoms with Gasteiger partial charge in [-0.05, 0) is 25.0 Å². The maximum Gasteiger partial charge on any atom is 0.311 e. The molecule has 3 rings (SSSR count). The van der Waals surface area contributed by atoms with Crippen molar-refractivity contribution >= 4 is 28.6 Å². The molecule has 1 amide bonds. The van der Waals surface area contributed by atoms with Crippen molar-refractivity contribution in [3.63, 3.8) is 0 Å². The van der Waals surface area contributed by atoms with Crippen LogP contribution < -0.4 is 11.1 Å². The zero-order valence-electron chi connectivity index (χ0n) is 11.3. The first-order chi connectivity index (χ1) is 10.0. The lowest BCUT2D eigenvalue weighted by molar-refractivity contribution is -0.142. The standard InChI is InChI=1S/C15H15N3O3/c16-12(19)10-7-9-3-1-2-4-11(9)18-13(10)17-8-15(5-6-15)14(20)21/h1-4,7H,5-6,8H2,(H2,16,19)(H,17,18)(H,20,21). The van der Waals surface area contributed by atoms with Crippen molar-refractivity contribution in [2.24, 2.45) is 11.1 Å². The molecule has 0 aliphatic heterocycles. The summed E-state index contributed by atoms with van der Waals surface area (Å²) in [5.41, 5.74) is 5.65. The van der Waals surface area contributed by atoms with Crippen molar-refractivity contribution in [1.29, 1.82) is 0 Å². The van der Waals surface area contributed by atoms with Gasteiger partial charge >= 0.3 is 5.97 Å². The maximum absolute atomic E-state index is 11.6. The fourth-order valence-corrected chi connectivity index (χ4v) is 2.31. The van der Waals surface area contributed by atoms with Crippen LogP contribution >= 0.6 is 0 Å². The SMILES string of the molecule is NC(=O)c1cc2ccccc2nc1NCC1(C(=O)O)CC1. The van der Waals surface area contributed by atoms with Crippen LogP contribution in [0.2, 0.25) is 0 Å². The topological polar surface area (TPSA) is 105 Å². The highest BCUT2D eigenvalue weighted by Gasteiger charge is 2.50. The maximum atomic E-state index is 11.6. The van der Waals surface area contributed by atoms with Gasteiger partial charge in [0.2, 0.25) is 0 Å². The lowest BCUT2D eigenvalue weighted by Crippen LogP contribution is -2.26. The Balaban J connectivity index is 1.94. The van der Waals surface area contributed by atoms with E-state index >= 15 is 0 Å². The van der Waals surface area contributed by atoms with Crippen molar-refractivity contribution in [3.05, 3.63) is 35.9 Å². The first-order valence-electron chi connectivity index (χ1n) is 6.69. The minimum absolute atomic E-state index is 0.244. The van der Waals surface area contributed by atoms with E-state index in [2.05, 4.69) is 10.3 Å². The highest BCUT2D eigenvalue weighted by molar-refractivity contribution is 6.01. The Morgan fingerprint density at radius 1 is 1.33 bits per heavy atom. The molecular weight excluding hydrogens is 270 g/mol. The second-order valence-electron chi connectivity index (χ2n) is 5.38. The molecule has 1 aliphatic rings. The number of nitrogens with zero attached hydrogens (tertiary/aromatic N) is 1. The minimum Gasteiger partial charge on any atom is -0.481 e. The number of pyridine rings is 1. The molecule has 4 N–H and O–H groups in total. The number of hydrogen-bond donors (Lipinski definition) is 3. The van der Waals surface area contributed by atoms with E-state index in [1.54, 1.807) is 6.07 Å². The quantitative estimate of drug-likeness (QED) is 0.774. The van der Waals surface area contributed by atoms with Crippen LogP contribution in [-0.2, 0) is 4.79 Å². The Kier molecular flexibility index (Phi) is 3.01. The molecule has 0 saturated heterocycles. The van der Waals surface area contributed by atoms with Crippen LogP contribution in [0.4, 0.5) is 5.82 Å². The number of benzene rings is 1. The van der Waals surface area contributed by atoms with Crippen LogP contribution in [0.3, 0.4) is 0 Å². The highest BCUT2D eigenvalue weighted by atomic mass is 16.4. The second-order valence-corrected chi connectivity index (χ2v) is 5.38. The molecule has 0 unspecified atom stereocenters. The second kappa shape index (κ2) is 4.73. The third-order valence-electron chi connectivity index (χ3n) is 3.89. The number of carbonyl (C=O) groups is 2. The molecule has 6 heteroatoms. The van der Waals surface area contributed by atoms with Gasteiger partial charge in [-0.2, -0.15) is 0 Å². The van der Waals surface area contributed by atoms with Gasteiger partial charge in [-0.3, -0.25) is 9.59 Å². The van der Waals surface area contributed by atoms with Crippen LogP contribution in [0, 0.1) is 5.41 Å². The number of amides is 1. The van der Waals surface area contributed by atoms with E-state index in [0.29, 0.717) is 18.7 Å². The molecule has 1 saturated carbocycles. The van der Waals surface area contributed by atoms with Gasteiger partial charge in [-0.15, -0.1) is 0 Å². The van der Waals surface area contributed by atoms with Crippen molar-refractivity contribution in [2.45, 2.75) is 12.8 Å². The Bertz CT molecular complexity index is 738. The molecule has 1 heterocycles. The van der Waals surface area contributed by atoms with Crippen molar-refractivity contribution in [3.8, 4) is 0 Å². The lowest BCUT2D eigenvalue weighted by atomic mass is 10.1. The average molecular weight is 285 g/mol. The summed E-state index contributed by atoms with van der Waals surface area (Å²) < 4.78 is 0. The molecule has 0 radical (unpaired) electrons. The van der Waals surface area contributed by atoms with Crippen LogP contribution in [0.15, 0.2) is 30.3 Å². The number of rotatable bonds is 5. The molecule has 1 aromatic heterocycles. The number of para-hydroxylation sites is 1. The number of carboxylic acid groups (broad SMARTS) is 1. The zero-order valence-corrected chi connectivity index (χ0v) is 11.3. The number of anilines is 1. The Hall–Kier alpha value is -2.63. The van der Waals surface area contributed by atoms with Gasteiger partial charge in [-0.25, -0.2) is 4.98 Å². The molecule has 0 spiro atoms. The number of primary amides is 1. The summed E-state index contributed by atoms with van der Waals surface area (Å²) in [7, 11) is 0. The Labute approximate surface area is 121 Å². The average Bonchev–Trinajstić information content (AvgIpc) is 3.25. The lowest BCUT2D eigenvalue weighted by Gasteiger charge is -2.14. The van der Waals surface area contributed by atoms with Gasteiger partial charge < -0.3 is 16.2 Å². The van der Waals surface area contributed by atoms with E-state index in [-0.39, 0.29) is 12.1 Å². The molecule has 1 fully saturated rings. The molecular formula is C15H15N3O3. The number of nitrogens with two attached hydrogens (primary N) is 1. The molecule has 0 atom stereocenters. The number of nitrogens with one attached hydrogen (secondary N) is 1. The number of fused-ring (bicyclic) bond motifs is 1. The smallest absolute Gasteiger partial charge is 0.311 e. The number of aliphatic carboxylic acids is 1. The van der Waals surface area contributed by atoms with Crippen LogP contribution in [-0.4, -0.2) is 28.5 Å². The van der Waals surface area contributed by atoms with Crippen LogP contribution in [0.25, 0.3) is 10.9 Å². The monoisotopic (exact) mass is 285 g/mol. The molecule has 1 aliphatic carbocycles. The van der Waals surface area contributed by atoms with E-state index in [9.17, 15) is 14.7 Å². The van der Waals surface area contributed by atoms with Gasteiger partial charge in [0.1, 0.15) is 5.82 Å². The normalized spacial score (nSPS) is 15.6. The highest BCUT2D eigenvalue weighted by Crippen LogP contribution is 2.45. The summed E-state index contributed by atoms with van der Waals surface area (Å²) in [5, 5.41) is 13.0. The fraction of sp³-hybridized carbons (Fsp3) is 0.267. The van der Waals surface area contributed by atoms with Gasteiger partial charge in [-0.1, -0.05) is 18.2 Å². The number of carbonyl (C=O) groups excluding carboxylic acids is 1. The molecule has 6 nitrogen and oxygen atoms in total. The van der Waals surface area contributed by atoms with E-state index in [1.165, 1.54) is 0 Å². The van der Waals surface area contributed by atoms with E-state index in [0.717, 1.165) is 10.9 Å². The van der Waals surface area contributed by atoms with Gasteiger partial charge in [0.25, 0.3) is 5.91 Å². The van der Waals surface area contributed by atoms with Crippen molar-refractivity contribution in [2.75, 3.05) is 11.9 Å². The number of aromatic nitrogens is 1. The van der Waals surface area contributed by atoms with E-state index < -0.39 is 17.3 Å². The van der Waals surface area contributed by atoms with Crippen LogP contribution in [0.5, 0.6) is 0 Å². The number of carboxylic acids is 1. The third kappa shape index (κ3) is 2.40. The third-order valence-corrected chi connectivity index (χ3v) is 3.89. The van der Waals surface area contributed by atoms with Crippen LogP contribution in [0.1, 0.15) is 23.2 Å².